The maximum absolute atomic E-state index is 5.91. The Kier molecular flexibility index (Phi) is 3.60. The normalized spacial score (nSPS) is 33.9. The number of hydrogen-bond acceptors (Lipinski definition) is 2. The fourth-order valence-electron chi connectivity index (χ4n) is 4.29. The van der Waals surface area contributed by atoms with E-state index in [0.717, 1.165) is 13.2 Å². The summed E-state index contributed by atoms with van der Waals surface area (Å²) in [5.74, 6) is 0. The Morgan fingerprint density at radius 3 is 1.41 bits per heavy atom. The van der Waals surface area contributed by atoms with Crippen molar-refractivity contribution in [1.29, 1.82) is 0 Å². The van der Waals surface area contributed by atoms with Crippen molar-refractivity contribution in [1.82, 2.24) is 0 Å². The fraction of sp³-hybridized carbons (Fsp3) is 1.00. The molecule has 0 aromatic rings. The van der Waals surface area contributed by atoms with Gasteiger partial charge in [0.15, 0.2) is 0 Å². The standard InChI is InChI=1S/C14H26O2Si/c1-2-6-13(5-1)9-10-14(7-3-4-8-14)12-16-17-15-11-13/h1-12,17H2. The van der Waals surface area contributed by atoms with Crippen molar-refractivity contribution in [2.24, 2.45) is 10.8 Å². The molecule has 1 heterocycles. The van der Waals surface area contributed by atoms with E-state index in [1.807, 2.05) is 0 Å². The van der Waals surface area contributed by atoms with Crippen molar-refractivity contribution in [3.63, 3.8) is 0 Å². The van der Waals surface area contributed by atoms with E-state index < -0.39 is 10.0 Å². The molecule has 17 heavy (non-hydrogen) atoms. The van der Waals surface area contributed by atoms with E-state index in [2.05, 4.69) is 0 Å². The molecule has 3 fully saturated rings. The first-order chi connectivity index (χ1) is 8.33. The van der Waals surface area contributed by atoms with Crippen LogP contribution in [0, 0.1) is 10.8 Å². The summed E-state index contributed by atoms with van der Waals surface area (Å²) in [4.78, 5) is 0. The van der Waals surface area contributed by atoms with Crippen molar-refractivity contribution in [3.8, 4) is 0 Å². The molecule has 2 spiro atoms. The molecule has 0 amide bonds. The first-order valence-electron chi connectivity index (χ1n) is 7.48. The average molecular weight is 254 g/mol. The lowest BCUT2D eigenvalue weighted by Crippen LogP contribution is -2.27. The molecule has 3 aliphatic rings. The molecular formula is C14H26O2Si. The molecule has 0 N–H and O–H groups in total. The van der Waals surface area contributed by atoms with Gasteiger partial charge in [0, 0.05) is 13.2 Å². The minimum Gasteiger partial charge on any atom is -0.398 e. The molecule has 2 saturated carbocycles. The molecule has 3 rings (SSSR count). The predicted octanol–water partition coefficient (Wildman–Crippen LogP) is 2.93. The van der Waals surface area contributed by atoms with Crippen LogP contribution in [0.2, 0.25) is 0 Å². The zero-order valence-corrected chi connectivity index (χ0v) is 12.4. The van der Waals surface area contributed by atoms with Crippen molar-refractivity contribution in [2.45, 2.75) is 64.2 Å². The highest BCUT2D eigenvalue weighted by atomic mass is 28.3. The van der Waals surface area contributed by atoms with Gasteiger partial charge in [0.25, 0.3) is 0 Å². The van der Waals surface area contributed by atoms with Crippen LogP contribution in [-0.4, -0.2) is 23.2 Å². The van der Waals surface area contributed by atoms with Crippen LogP contribution in [0.15, 0.2) is 0 Å². The average Bonchev–Trinajstić information content (AvgIpc) is 2.97. The van der Waals surface area contributed by atoms with Gasteiger partial charge in [-0.15, -0.1) is 0 Å². The summed E-state index contributed by atoms with van der Waals surface area (Å²) in [6, 6.07) is 0. The van der Waals surface area contributed by atoms with Gasteiger partial charge in [-0.25, -0.2) is 0 Å². The first-order valence-corrected chi connectivity index (χ1v) is 8.64. The van der Waals surface area contributed by atoms with Crippen molar-refractivity contribution >= 4 is 10.0 Å². The minimum absolute atomic E-state index is 0.552. The van der Waals surface area contributed by atoms with E-state index in [1.54, 1.807) is 0 Å². The highest BCUT2D eigenvalue weighted by Crippen LogP contribution is 2.49. The predicted molar refractivity (Wildman–Crippen MR) is 71.5 cm³/mol. The van der Waals surface area contributed by atoms with Gasteiger partial charge < -0.3 is 8.85 Å². The van der Waals surface area contributed by atoms with E-state index in [1.165, 1.54) is 64.2 Å². The molecule has 1 aliphatic heterocycles. The van der Waals surface area contributed by atoms with Gasteiger partial charge in [0.2, 0.25) is 0 Å². The van der Waals surface area contributed by atoms with E-state index in [-0.39, 0.29) is 0 Å². The van der Waals surface area contributed by atoms with E-state index in [4.69, 9.17) is 8.85 Å². The Morgan fingerprint density at radius 1 is 0.588 bits per heavy atom. The molecule has 2 nitrogen and oxygen atoms in total. The number of rotatable bonds is 0. The molecule has 1 saturated heterocycles. The van der Waals surface area contributed by atoms with Crippen molar-refractivity contribution in [3.05, 3.63) is 0 Å². The van der Waals surface area contributed by atoms with Crippen LogP contribution in [0.5, 0.6) is 0 Å². The highest BCUT2D eigenvalue weighted by Gasteiger charge is 2.40. The summed E-state index contributed by atoms with van der Waals surface area (Å²) in [7, 11) is -0.690. The van der Waals surface area contributed by atoms with Crippen LogP contribution < -0.4 is 0 Å². The largest absolute Gasteiger partial charge is 0.398 e. The molecule has 0 aromatic heterocycles. The van der Waals surface area contributed by atoms with Crippen LogP contribution in [0.1, 0.15) is 64.2 Å². The third-order valence-electron chi connectivity index (χ3n) is 5.50. The summed E-state index contributed by atoms with van der Waals surface area (Å²) >= 11 is 0. The van der Waals surface area contributed by atoms with Crippen LogP contribution in [0.25, 0.3) is 0 Å². The Bertz CT molecular complexity index is 229. The van der Waals surface area contributed by atoms with Crippen LogP contribution in [0.3, 0.4) is 0 Å². The fourth-order valence-corrected chi connectivity index (χ4v) is 5.44. The minimum atomic E-state index is -0.690. The molecule has 2 aliphatic carbocycles. The highest BCUT2D eigenvalue weighted by molar-refractivity contribution is 6.17. The molecule has 98 valence electrons. The summed E-state index contributed by atoms with van der Waals surface area (Å²) in [6.07, 6.45) is 14.2. The van der Waals surface area contributed by atoms with Gasteiger partial charge >= 0.3 is 10.0 Å². The molecule has 0 unspecified atom stereocenters. The van der Waals surface area contributed by atoms with Gasteiger partial charge in [-0.2, -0.15) is 0 Å². The number of hydrogen-bond donors (Lipinski definition) is 0. The van der Waals surface area contributed by atoms with Gasteiger partial charge in [0.1, 0.15) is 0 Å². The maximum atomic E-state index is 5.91. The Labute approximate surface area is 108 Å². The third-order valence-corrected chi connectivity index (χ3v) is 6.24. The first kappa shape index (κ1) is 12.2. The molecular weight excluding hydrogens is 228 g/mol. The Hall–Kier alpha value is 0.137. The second-order valence-electron chi connectivity index (χ2n) is 6.73. The van der Waals surface area contributed by atoms with Crippen molar-refractivity contribution < 1.29 is 8.85 Å². The smallest absolute Gasteiger partial charge is 0.304 e. The SMILES string of the molecule is C1CCC2(C1)CCC1(CCCC1)CO[SiH2]OC2. The zero-order valence-electron chi connectivity index (χ0n) is 11.0. The summed E-state index contributed by atoms with van der Waals surface area (Å²) < 4.78 is 11.8. The van der Waals surface area contributed by atoms with Gasteiger partial charge in [-0.3, -0.25) is 0 Å². The second kappa shape index (κ2) is 5.02. The molecule has 3 heteroatoms. The van der Waals surface area contributed by atoms with Gasteiger partial charge in [-0.1, -0.05) is 25.7 Å². The summed E-state index contributed by atoms with van der Waals surface area (Å²) in [5.41, 5.74) is 1.10. The molecule has 0 atom stereocenters. The monoisotopic (exact) mass is 254 g/mol. The van der Waals surface area contributed by atoms with Crippen LogP contribution in [0.4, 0.5) is 0 Å². The zero-order chi connectivity index (χ0) is 11.6. The molecule has 0 radical (unpaired) electrons. The second-order valence-corrected chi connectivity index (χ2v) is 7.78. The van der Waals surface area contributed by atoms with E-state index in [0.29, 0.717) is 10.8 Å². The maximum Gasteiger partial charge on any atom is 0.304 e. The third kappa shape index (κ3) is 2.61. The lowest BCUT2D eigenvalue weighted by Gasteiger charge is -2.33. The van der Waals surface area contributed by atoms with Crippen molar-refractivity contribution in [2.75, 3.05) is 13.2 Å². The van der Waals surface area contributed by atoms with E-state index >= 15 is 0 Å². The van der Waals surface area contributed by atoms with Crippen LogP contribution in [-0.2, 0) is 8.85 Å². The summed E-state index contributed by atoms with van der Waals surface area (Å²) in [6.45, 7) is 2.02. The topological polar surface area (TPSA) is 18.5 Å². The Morgan fingerprint density at radius 2 is 1.00 bits per heavy atom. The lowest BCUT2D eigenvalue weighted by atomic mass is 9.74. The summed E-state index contributed by atoms with van der Waals surface area (Å²) in [5, 5.41) is 0. The van der Waals surface area contributed by atoms with Crippen LogP contribution >= 0.6 is 0 Å². The Balaban J connectivity index is 1.70. The molecule has 0 aromatic carbocycles. The molecule has 0 bridgehead atoms. The quantitative estimate of drug-likeness (QED) is 0.619. The van der Waals surface area contributed by atoms with Gasteiger partial charge in [-0.05, 0) is 49.4 Å². The lowest BCUT2D eigenvalue weighted by molar-refractivity contribution is 0.123. The van der Waals surface area contributed by atoms with Gasteiger partial charge in [0.05, 0.1) is 0 Å². The van der Waals surface area contributed by atoms with E-state index in [9.17, 15) is 0 Å².